The van der Waals surface area contributed by atoms with Crippen LogP contribution in [0.5, 0.6) is 11.5 Å². The molecule has 0 unspecified atom stereocenters. The highest BCUT2D eigenvalue weighted by Gasteiger charge is 2.34. The number of carbonyl (C=O) groups is 1. The minimum atomic E-state index is -4.02. The van der Waals surface area contributed by atoms with Crippen molar-refractivity contribution in [3.8, 4) is 11.5 Å². The quantitative estimate of drug-likeness (QED) is 0.816. The largest absolute Gasteiger partial charge is 0.493 e. The molecule has 118 valence electrons. The molecular weight excluding hydrogens is 298 g/mol. The Balaban J connectivity index is 3.36. The Morgan fingerprint density at radius 1 is 1.19 bits per heavy atom. The minimum absolute atomic E-state index is 0.0607. The van der Waals surface area contributed by atoms with Crippen LogP contribution in [0.3, 0.4) is 0 Å². The summed E-state index contributed by atoms with van der Waals surface area (Å²) in [5.74, 6) is -0.632. The number of ether oxygens (including phenoxy) is 2. The van der Waals surface area contributed by atoms with Crippen molar-refractivity contribution >= 4 is 16.0 Å². The SMILES string of the molecule is COc1cc(C)c(S(=O)(=O)NC(C)(C)C(=O)O)cc1OC. The number of rotatable bonds is 6. The molecule has 0 aliphatic carbocycles. The van der Waals surface area contributed by atoms with Crippen molar-refractivity contribution in [2.45, 2.75) is 31.2 Å². The van der Waals surface area contributed by atoms with Gasteiger partial charge in [-0.15, -0.1) is 0 Å². The van der Waals surface area contributed by atoms with Gasteiger partial charge in [-0.25, -0.2) is 8.42 Å². The normalized spacial score (nSPS) is 12.0. The van der Waals surface area contributed by atoms with E-state index in [1.165, 1.54) is 40.2 Å². The zero-order chi connectivity index (χ0) is 16.4. The summed E-state index contributed by atoms with van der Waals surface area (Å²) in [5, 5.41) is 9.03. The van der Waals surface area contributed by atoms with E-state index in [0.29, 0.717) is 11.3 Å². The highest BCUT2D eigenvalue weighted by molar-refractivity contribution is 7.89. The lowest BCUT2D eigenvalue weighted by Crippen LogP contribution is -2.49. The van der Waals surface area contributed by atoms with Gasteiger partial charge < -0.3 is 14.6 Å². The summed E-state index contributed by atoms with van der Waals surface area (Å²) < 4.78 is 37.1. The van der Waals surface area contributed by atoms with Crippen molar-refractivity contribution in [3.63, 3.8) is 0 Å². The third-order valence-electron chi connectivity index (χ3n) is 2.89. The number of methoxy groups -OCH3 is 2. The molecule has 2 N–H and O–H groups in total. The fourth-order valence-electron chi connectivity index (χ4n) is 1.69. The lowest BCUT2D eigenvalue weighted by Gasteiger charge is -2.22. The van der Waals surface area contributed by atoms with Gasteiger partial charge in [0.25, 0.3) is 0 Å². The first-order chi connectivity index (χ1) is 9.55. The average molecular weight is 317 g/mol. The highest BCUT2D eigenvalue weighted by atomic mass is 32.2. The Hall–Kier alpha value is -1.80. The van der Waals surface area contributed by atoms with Gasteiger partial charge in [-0.05, 0) is 32.4 Å². The van der Waals surface area contributed by atoms with Crippen LogP contribution in [-0.2, 0) is 14.8 Å². The first-order valence-electron chi connectivity index (χ1n) is 6.05. The Morgan fingerprint density at radius 2 is 1.67 bits per heavy atom. The molecule has 21 heavy (non-hydrogen) atoms. The summed E-state index contributed by atoms with van der Waals surface area (Å²) in [4.78, 5) is 11.0. The molecule has 8 heteroatoms. The maximum atomic E-state index is 12.4. The van der Waals surface area contributed by atoms with Crippen LogP contribution in [0.4, 0.5) is 0 Å². The molecule has 0 heterocycles. The Labute approximate surface area is 123 Å². The predicted octanol–water partition coefficient (Wildman–Crippen LogP) is 1.15. The number of benzene rings is 1. The number of sulfonamides is 1. The van der Waals surface area contributed by atoms with Crippen molar-refractivity contribution in [3.05, 3.63) is 17.7 Å². The van der Waals surface area contributed by atoms with Crippen LogP contribution >= 0.6 is 0 Å². The van der Waals surface area contributed by atoms with Crippen LogP contribution in [-0.4, -0.2) is 39.3 Å². The van der Waals surface area contributed by atoms with Gasteiger partial charge in [-0.2, -0.15) is 4.72 Å². The van der Waals surface area contributed by atoms with Crippen LogP contribution in [0.25, 0.3) is 0 Å². The predicted molar refractivity (Wildman–Crippen MR) is 76.3 cm³/mol. The van der Waals surface area contributed by atoms with E-state index in [4.69, 9.17) is 14.6 Å². The van der Waals surface area contributed by atoms with E-state index in [1.807, 2.05) is 0 Å². The van der Waals surface area contributed by atoms with E-state index < -0.39 is 21.5 Å². The van der Waals surface area contributed by atoms with Crippen LogP contribution in [0.2, 0.25) is 0 Å². The topological polar surface area (TPSA) is 102 Å². The highest BCUT2D eigenvalue weighted by Crippen LogP contribution is 2.32. The fourth-order valence-corrected chi connectivity index (χ4v) is 3.30. The van der Waals surface area contributed by atoms with Gasteiger partial charge in [0.15, 0.2) is 11.5 Å². The lowest BCUT2D eigenvalue weighted by molar-refractivity contribution is -0.142. The van der Waals surface area contributed by atoms with Gasteiger partial charge in [0.05, 0.1) is 19.1 Å². The Kier molecular flexibility index (Phi) is 4.85. The number of carboxylic acids is 1. The van der Waals surface area contributed by atoms with Gasteiger partial charge in [0.2, 0.25) is 10.0 Å². The van der Waals surface area contributed by atoms with Crippen LogP contribution in [0.15, 0.2) is 17.0 Å². The molecule has 0 saturated heterocycles. The van der Waals surface area contributed by atoms with Crippen molar-refractivity contribution in [2.75, 3.05) is 14.2 Å². The number of aliphatic carboxylic acids is 1. The number of hydrogen-bond acceptors (Lipinski definition) is 5. The molecule has 0 radical (unpaired) electrons. The zero-order valence-corrected chi connectivity index (χ0v) is 13.4. The molecule has 0 atom stereocenters. The van der Waals surface area contributed by atoms with E-state index in [2.05, 4.69) is 4.72 Å². The monoisotopic (exact) mass is 317 g/mol. The van der Waals surface area contributed by atoms with Crippen molar-refractivity contribution in [1.29, 1.82) is 0 Å². The van der Waals surface area contributed by atoms with E-state index in [1.54, 1.807) is 6.92 Å². The summed E-state index contributed by atoms with van der Waals surface area (Å²) >= 11 is 0. The summed E-state index contributed by atoms with van der Waals surface area (Å²) in [5.41, 5.74) is -1.21. The van der Waals surface area contributed by atoms with Gasteiger partial charge in [0, 0.05) is 6.07 Å². The second kappa shape index (κ2) is 5.90. The van der Waals surface area contributed by atoms with Crippen molar-refractivity contribution in [1.82, 2.24) is 4.72 Å². The van der Waals surface area contributed by atoms with Gasteiger partial charge in [0.1, 0.15) is 5.54 Å². The first-order valence-corrected chi connectivity index (χ1v) is 7.53. The molecule has 0 bridgehead atoms. The summed E-state index contributed by atoms with van der Waals surface area (Å²) in [6.45, 7) is 4.12. The molecule has 0 spiro atoms. The standard InChI is InChI=1S/C13H19NO6S/c1-8-6-9(19-4)10(20-5)7-11(8)21(17,18)14-13(2,3)12(15)16/h6-7,14H,1-5H3,(H,15,16). The van der Waals surface area contributed by atoms with Gasteiger partial charge in [-0.3, -0.25) is 4.79 Å². The van der Waals surface area contributed by atoms with E-state index in [-0.39, 0.29) is 10.6 Å². The first kappa shape index (κ1) is 17.3. The average Bonchev–Trinajstić information content (AvgIpc) is 2.36. The Morgan fingerprint density at radius 3 is 2.10 bits per heavy atom. The molecule has 0 saturated carbocycles. The van der Waals surface area contributed by atoms with Gasteiger partial charge in [-0.1, -0.05) is 0 Å². The van der Waals surface area contributed by atoms with Crippen molar-refractivity contribution in [2.24, 2.45) is 0 Å². The molecule has 1 aromatic carbocycles. The third kappa shape index (κ3) is 3.64. The summed E-state index contributed by atoms with van der Waals surface area (Å²) in [7, 11) is -1.19. The van der Waals surface area contributed by atoms with Crippen LogP contribution in [0, 0.1) is 6.92 Å². The minimum Gasteiger partial charge on any atom is -0.493 e. The molecule has 0 aliphatic heterocycles. The maximum absolute atomic E-state index is 12.4. The lowest BCUT2D eigenvalue weighted by atomic mass is 10.1. The number of nitrogens with one attached hydrogen (secondary N) is 1. The van der Waals surface area contributed by atoms with Crippen LogP contribution in [0.1, 0.15) is 19.4 Å². The fraction of sp³-hybridized carbons (Fsp3) is 0.462. The molecule has 7 nitrogen and oxygen atoms in total. The maximum Gasteiger partial charge on any atom is 0.324 e. The summed E-state index contributed by atoms with van der Waals surface area (Å²) in [6, 6.07) is 2.82. The number of carboxylic acid groups (broad SMARTS) is 1. The molecule has 0 aliphatic rings. The van der Waals surface area contributed by atoms with E-state index in [9.17, 15) is 13.2 Å². The molecule has 1 aromatic rings. The molecule has 0 fully saturated rings. The third-order valence-corrected chi connectivity index (χ3v) is 4.69. The second-order valence-corrected chi connectivity index (χ2v) is 6.66. The molecule has 0 aromatic heterocycles. The van der Waals surface area contributed by atoms with E-state index >= 15 is 0 Å². The van der Waals surface area contributed by atoms with E-state index in [0.717, 1.165) is 0 Å². The van der Waals surface area contributed by atoms with Gasteiger partial charge >= 0.3 is 5.97 Å². The number of aryl methyl sites for hydroxylation is 1. The zero-order valence-electron chi connectivity index (χ0n) is 12.6. The van der Waals surface area contributed by atoms with Crippen molar-refractivity contribution < 1.29 is 27.8 Å². The Bertz CT molecular complexity index is 651. The van der Waals surface area contributed by atoms with Crippen LogP contribution < -0.4 is 14.2 Å². The second-order valence-electron chi connectivity index (χ2n) is 5.01. The molecular formula is C13H19NO6S. The molecule has 0 amide bonds. The summed E-state index contributed by atoms with van der Waals surface area (Å²) in [6.07, 6.45) is 0. The smallest absolute Gasteiger partial charge is 0.324 e. The number of hydrogen-bond donors (Lipinski definition) is 2. The molecule has 1 rings (SSSR count).